The largest absolute Gasteiger partial charge is 0.508 e. The quantitative estimate of drug-likeness (QED) is 0.776. The SMILES string of the molecule is CCC(=O)Nc1cc2ccc(O)cc2oc1=O. The Morgan fingerprint density at radius 3 is 2.88 bits per heavy atom. The van der Waals surface area contributed by atoms with Crippen LogP contribution in [0.4, 0.5) is 5.69 Å². The summed E-state index contributed by atoms with van der Waals surface area (Å²) < 4.78 is 4.99. The minimum Gasteiger partial charge on any atom is -0.508 e. The first-order valence-electron chi connectivity index (χ1n) is 5.17. The smallest absolute Gasteiger partial charge is 0.360 e. The van der Waals surface area contributed by atoms with Crippen molar-refractivity contribution in [2.24, 2.45) is 0 Å². The summed E-state index contributed by atoms with van der Waals surface area (Å²) in [5.74, 6) is -0.235. The highest BCUT2D eigenvalue weighted by Gasteiger charge is 2.08. The fourth-order valence-corrected chi connectivity index (χ4v) is 1.43. The standard InChI is InChI=1S/C12H11NO4/c1-2-11(15)13-9-5-7-3-4-8(14)6-10(7)17-12(9)16/h3-6,14H,2H2,1H3,(H,13,15). The average molecular weight is 233 g/mol. The Bertz CT molecular complexity index is 630. The van der Waals surface area contributed by atoms with E-state index in [9.17, 15) is 14.7 Å². The number of aromatic hydroxyl groups is 1. The third-order valence-corrected chi connectivity index (χ3v) is 2.31. The van der Waals surface area contributed by atoms with Crippen molar-refractivity contribution in [2.45, 2.75) is 13.3 Å². The van der Waals surface area contributed by atoms with E-state index in [0.29, 0.717) is 5.39 Å². The molecule has 5 heteroatoms. The Morgan fingerprint density at radius 1 is 1.41 bits per heavy atom. The number of anilines is 1. The molecule has 1 aromatic carbocycles. The molecule has 0 spiro atoms. The number of carbonyl (C=O) groups is 1. The molecule has 0 unspecified atom stereocenters. The fraction of sp³-hybridized carbons (Fsp3) is 0.167. The molecule has 0 aliphatic rings. The lowest BCUT2D eigenvalue weighted by Gasteiger charge is -2.03. The second-order valence-corrected chi connectivity index (χ2v) is 3.57. The van der Waals surface area contributed by atoms with Crippen molar-refractivity contribution in [2.75, 3.05) is 5.32 Å². The Hall–Kier alpha value is -2.30. The van der Waals surface area contributed by atoms with Gasteiger partial charge in [-0.25, -0.2) is 4.79 Å². The maximum Gasteiger partial charge on any atom is 0.360 e. The van der Waals surface area contributed by atoms with E-state index in [1.54, 1.807) is 13.0 Å². The van der Waals surface area contributed by atoms with E-state index in [1.807, 2.05) is 0 Å². The first-order chi connectivity index (χ1) is 8.10. The molecule has 88 valence electrons. The van der Waals surface area contributed by atoms with Gasteiger partial charge in [0.2, 0.25) is 5.91 Å². The van der Waals surface area contributed by atoms with Crippen LogP contribution in [-0.2, 0) is 4.79 Å². The number of benzene rings is 1. The van der Waals surface area contributed by atoms with Gasteiger partial charge in [0.05, 0.1) is 0 Å². The highest BCUT2D eigenvalue weighted by atomic mass is 16.4. The minimum absolute atomic E-state index is 0.0194. The number of fused-ring (bicyclic) bond motifs is 1. The molecule has 0 radical (unpaired) electrons. The van der Waals surface area contributed by atoms with Crippen molar-refractivity contribution in [3.63, 3.8) is 0 Å². The summed E-state index contributed by atoms with van der Waals surface area (Å²) in [6.45, 7) is 1.69. The van der Waals surface area contributed by atoms with E-state index in [4.69, 9.17) is 4.42 Å². The molecule has 0 saturated heterocycles. The molecule has 0 fully saturated rings. The lowest BCUT2D eigenvalue weighted by molar-refractivity contribution is -0.115. The Kier molecular flexibility index (Phi) is 2.82. The van der Waals surface area contributed by atoms with Crippen LogP contribution in [0.3, 0.4) is 0 Å². The molecular weight excluding hydrogens is 222 g/mol. The predicted octanol–water partition coefficient (Wildman–Crippen LogP) is 1.85. The van der Waals surface area contributed by atoms with Crippen LogP contribution in [0.25, 0.3) is 11.0 Å². The van der Waals surface area contributed by atoms with Crippen LogP contribution in [0.1, 0.15) is 13.3 Å². The fourth-order valence-electron chi connectivity index (χ4n) is 1.43. The first kappa shape index (κ1) is 11.2. The van der Waals surface area contributed by atoms with Crippen LogP contribution in [0.2, 0.25) is 0 Å². The van der Waals surface area contributed by atoms with Crippen molar-refractivity contribution < 1.29 is 14.3 Å². The number of rotatable bonds is 2. The van der Waals surface area contributed by atoms with Crippen molar-refractivity contribution >= 4 is 22.6 Å². The van der Waals surface area contributed by atoms with Crippen molar-refractivity contribution in [3.8, 4) is 5.75 Å². The van der Waals surface area contributed by atoms with Crippen molar-refractivity contribution in [3.05, 3.63) is 34.7 Å². The molecule has 0 bridgehead atoms. The molecule has 2 rings (SSSR count). The zero-order valence-corrected chi connectivity index (χ0v) is 9.19. The monoisotopic (exact) mass is 233 g/mol. The maximum absolute atomic E-state index is 11.5. The molecule has 1 aromatic heterocycles. The predicted molar refractivity (Wildman–Crippen MR) is 63.1 cm³/mol. The highest BCUT2D eigenvalue weighted by Crippen LogP contribution is 2.20. The van der Waals surface area contributed by atoms with Gasteiger partial charge in [-0.15, -0.1) is 0 Å². The van der Waals surface area contributed by atoms with E-state index in [2.05, 4.69) is 5.32 Å². The molecule has 0 aliphatic carbocycles. The molecular formula is C12H11NO4. The summed E-state index contributed by atoms with van der Waals surface area (Å²) in [7, 11) is 0. The third kappa shape index (κ3) is 2.28. The molecule has 2 aromatic rings. The maximum atomic E-state index is 11.5. The van der Waals surface area contributed by atoms with E-state index >= 15 is 0 Å². The van der Waals surface area contributed by atoms with Crippen LogP contribution in [0.5, 0.6) is 5.75 Å². The zero-order chi connectivity index (χ0) is 12.4. The highest BCUT2D eigenvalue weighted by molar-refractivity contribution is 5.92. The van der Waals surface area contributed by atoms with Gasteiger partial charge in [-0.1, -0.05) is 6.92 Å². The van der Waals surface area contributed by atoms with Gasteiger partial charge in [0, 0.05) is 17.9 Å². The molecule has 0 aliphatic heterocycles. The van der Waals surface area contributed by atoms with Crippen molar-refractivity contribution in [1.82, 2.24) is 0 Å². The van der Waals surface area contributed by atoms with E-state index in [0.717, 1.165) is 0 Å². The number of phenolic OH excluding ortho intramolecular Hbond substituents is 1. The van der Waals surface area contributed by atoms with Gasteiger partial charge in [-0.05, 0) is 18.2 Å². The first-order valence-corrected chi connectivity index (χ1v) is 5.17. The van der Waals surface area contributed by atoms with E-state index in [-0.39, 0.29) is 29.3 Å². The third-order valence-electron chi connectivity index (χ3n) is 2.31. The van der Waals surface area contributed by atoms with Gasteiger partial charge in [-0.3, -0.25) is 4.79 Å². The molecule has 0 atom stereocenters. The molecule has 17 heavy (non-hydrogen) atoms. The van der Waals surface area contributed by atoms with Crippen LogP contribution in [-0.4, -0.2) is 11.0 Å². The van der Waals surface area contributed by atoms with Crippen LogP contribution < -0.4 is 10.9 Å². The van der Waals surface area contributed by atoms with Gasteiger partial charge in [-0.2, -0.15) is 0 Å². The van der Waals surface area contributed by atoms with Crippen LogP contribution >= 0.6 is 0 Å². The zero-order valence-electron chi connectivity index (χ0n) is 9.19. The molecule has 5 nitrogen and oxygen atoms in total. The average Bonchev–Trinajstić information content (AvgIpc) is 2.30. The molecule has 1 heterocycles. The Labute approximate surface area is 96.7 Å². The van der Waals surface area contributed by atoms with Gasteiger partial charge in [0.25, 0.3) is 0 Å². The summed E-state index contributed by atoms with van der Waals surface area (Å²) in [6, 6.07) is 5.96. The number of phenols is 1. The Morgan fingerprint density at radius 2 is 2.18 bits per heavy atom. The summed E-state index contributed by atoms with van der Waals surface area (Å²) >= 11 is 0. The van der Waals surface area contributed by atoms with Crippen LogP contribution in [0.15, 0.2) is 33.5 Å². The summed E-state index contributed by atoms with van der Waals surface area (Å²) in [5.41, 5.74) is -0.246. The second-order valence-electron chi connectivity index (χ2n) is 3.57. The number of hydrogen-bond donors (Lipinski definition) is 2. The van der Waals surface area contributed by atoms with Gasteiger partial charge < -0.3 is 14.8 Å². The lowest BCUT2D eigenvalue weighted by atomic mass is 10.2. The van der Waals surface area contributed by atoms with Crippen LogP contribution in [0, 0.1) is 0 Å². The van der Waals surface area contributed by atoms with E-state index in [1.165, 1.54) is 18.2 Å². The van der Waals surface area contributed by atoms with E-state index < -0.39 is 5.63 Å². The number of nitrogens with one attached hydrogen (secondary N) is 1. The number of carbonyl (C=O) groups excluding carboxylic acids is 1. The lowest BCUT2D eigenvalue weighted by Crippen LogP contribution is -2.16. The second kappa shape index (κ2) is 4.29. The summed E-state index contributed by atoms with van der Waals surface area (Å²) in [4.78, 5) is 22.7. The molecule has 1 amide bonds. The van der Waals surface area contributed by atoms with Crippen molar-refractivity contribution in [1.29, 1.82) is 0 Å². The van der Waals surface area contributed by atoms with Gasteiger partial charge in [0.1, 0.15) is 17.0 Å². The van der Waals surface area contributed by atoms with Gasteiger partial charge >= 0.3 is 5.63 Å². The number of hydrogen-bond acceptors (Lipinski definition) is 4. The normalized spacial score (nSPS) is 10.4. The van der Waals surface area contributed by atoms with Gasteiger partial charge in [0.15, 0.2) is 0 Å². The summed E-state index contributed by atoms with van der Waals surface area (Å²) in [6.07, 6.45) is 0.285. The number of amides is 1. The Balaban J connectivity index is 2.52. The minimum atomic E-state index is -0.634. The molecule has 2 N–H and O–H groups in total. The topological polar surface area (TPSA) is 79.5 Å². The summed E-state index contributed by atoms with van der Waals surface area (Å²) in [5, 5.41) is 12.3. The molecule has 0 saturated carbocycles.